The molecule has 1 N–H and O–H groups in total. The average Bonchev–Trinajstić information content (AvgIpc) is 2.44. The fraction of sp³-hybridized carbons (Fsp3) is 0.250. The molecule has 0 saturated carbocycles. The highest BCUT2D eigenvalue weighted by molar-refractivity contribution is 6.34. The normalized spacial score (nSPS) is 12.3. The maximum absolute atomic E-state index is 13.9. The third kappa shape index (κ3) is 3.49. The maximum atomic E-state index is 13.9. The van der Waals surface area contributed by atoms with E-state index in [4.69, 9.17) is 27.9 Å². The molecule has 0 aromatic heterocycles. The second kappa shape index (κ2) is 6.65. The Bertz CT molecular complexity index is 659. The molecule has 112 valence electrons. The summed E-state index contributed by atoms with van der Waals surface area (Å²) in [5.74, 6) is -0.0565. The third-order valence-corrected chi connectivity index (χ3v) is 3.71. The number of hydrogen-bond donors (Lipinski definition) is 1. The quantitative estimate of drug-likeness (QED) is 0.863. The van der Waals surface area contributed by atoms with Gasteiger partial charge in [0.25, 0.3) is 0 Å². The summed E-state index contributed by atoms with van der Waals surface area (Å²) in [6.45, 7) is 4.10. The van der Waals surface area contributed by atoms with Crippen LogP contribution in [0.5, 0.6) is 5.75 Å². The van der Waals surface area contributed by atoms with E-state index < -0.39 is 11.9 Å². The molecule has 0 aliphatic carbocycles. The van der Waals surface area contributed by atoms with Crippen LogP contribution in [0.3, 0.4) is 0 Å². The van der Waals surface area contributed by atoms with E-state index in [9.17, 15) is 9.50 Å². The first-order valence-electron chi connectivity index (χ1n) is 6.50. The monoisotopic (exact) mass is 328 g/mol. The number of benzene rings is 2. The number of aryl methyl sites for hydroxylation is 1. The molecule has 5 heteroatoms. The average molecular weight is 329 g/mol. The molecule has 1 unspecified atom stereocenters. The lowest BCUT2D eigenvalue weighted by Crippen LogP contribution is -2.05. The predicted molar refractivity (Wildman–Crippen MR) is 82.8 cm³/mol. The van der Waals surface area contributed by atoms with Gasteiger partial charge in [0.05, 0.1) is 16.7 Å². The van der Waals surface area contributed by atoms with Crippen LogP contribution < -0.4 is 4.74 Å². The van der Waals surface area contributed by atoms with Crippen LogP contribution in [0.2, 0.25) is 10.0 Å². The Balaban J connectivity index is 2.46. The van der Waals surface area contributed by atoms with E-state index in [0.29, 0.717) is 22.9 Å². The molecule has 2 nitrogen and oxygen atoms in total. The molecule has 2 aromatic rings. The van der Waals surface area contributed by atoms with Crippen LogP contribution in [0.1, 0.15) is 29.7 Å². The molecule has 0 aliphatic rings. The van der Waals surface area contributed by atoms with Gasteiger partial charge in [-0.1, -0.05) is 40.9 Å². The van der Waals surface area contributed by atoms with Crippen LogP contribution in [-0.4, -0.2) is 11.7 Å². The SMILES string of the molecule is CCOc1cc(Cl)c(C(O)c2cc(C)ccc2F)cc1Cl. The van der Waals surface area contributed by atoms with E-state index in [-0.39, 0.29) is 10.6 Å². The summed E-state index contributed by atoms with van der Waals surface area (Å²) in [4.78, 5) is 0. The van der Waals surface area contributed by atoms with Crippen LogP contribution in [0.15, 0.2) is 30.3 Å². The molecule has 0 amide bonds. The van der Waals surface area contributed by atoms with Gasteiger partial charge in [-0.2, -0.15) is 0 Å². The first kappa shape index (κ1) is 16.1. The fourth-order valence-electron chi connectivity index (χ4n) is 2.06. The van der Waals surface area contributed by atoms with Crippen molar-refractivity contribution in [2.45, 2.75) is 20.0 Å². The summed E-state index contributed by atoms with van der Waals surface area (Å²) in [5.41, 5.74) is 1.35. The Kier molecular flexibility index (Phi) is 5.09. The van der Waals surface area contributed by atoms with Crippen molar-refractivity contribution >= 4 is 23.2 Å². The summed E-state index contributed by atoms with van der Waals surface area (Å²) in [6.07, 6.45) is -1.19. The predicted octanol–water partition coefficient (Wildman–Crippen LogP) is 4.92. The molecule has 0 heterocycles. The van der Waals surface area contributed by atoms with Gasteiger partial charge in [-0.05, 0) is 26.0 Å². The molecule has 0 bridgehead atoms. The summed E-state index contributed by atoms with van der Waals surface area (Å²) in [6, 6.07) is 7.57. The van der Waals surface area contributed by atoms with Crippen molar-refractivity contribution in [1.29, 1.82) is 0 Å². The van der Waals surface area contributed by atoms with Crippen molar-refractivity contribution in [1.82, 2.24) is 0 Å². The Hall–Kier alpha value is -1.29. The maximum Gasteiger partial charge on any atom is 0.139 e. The highest BCUT2D eigenvalue weighted by Gasteiger charge is 2.20. The van der Waals surface area contributed by atoms with E-state index in [2.05, 4.69) is 0 Å². The molecule has 0 saturated heterocycles. The molecule has 0 fully saturated rings. The van der Waals surface area contributed by atoms with Crippen LogP contribution in [0.4, 0.5) is 4.39 Å². The van der Waals surface area contributed by atoms with Gasteiger partial charge in [-0.25, -0.2) is 4.39 Å². The zero-order valence-corrected chi connectivity index (χ0v) is 13.2. The largest absolute Gasteiger partial charge is 0.492 e. The fourth-order valence-corrected chi connectivity index (χ4v) is 2.54. The summed E-state index contributed by atoms with van der Waals surface area (Å²) < 4.78 is 19.2. The van der Waals surface area contributed by atoms with Crippen molar-refractivity contribution in [3.8, 4) is 5.75 Å². The molecule has 2 rings (SSSR count). The molecule has 0 spiro atoms. The second-order valence-corrected chi connectivity index (χ2v) is 5.48. The summed E-state index contributed by atoms with van der Waals surface area (Å²) >= 11 is 12.2. The Morgan fingerprint density at radius 2 is 1.86 bits per heavy atom. The van der Waals surface area contributed by atoms with Crippen LogP contribution in [0.25, 0.3) is 0 Å². The molecule has 1 atom stereocenters. The first-order chi connectivity index (χ1) is 9.93. The van der Waals surface area contributed by atoms with Gasteiger partial charge < -0.3 is 9.84 Å². The van der Waals surface area contributed by atoms with Gasteiger partial charge in [0.2, 0.25) is 0 Å². The first-order valence-corrected chi connectivity index (χ1v) is 7.25. The molecule has 21 heavy (non-hydrogen) atoms. The summed E-state index contributed by atoms with van der Waals surface area (Å²) in [5, 5.41) is 11.0. The zero-order valence-electron chi connectivity index (χ0n) is 11.7. The minimum atomic E-state index is -1.19. The lowest BCUT2D eigenvalue weighted by molar-refractivity contribution is 0.215. The molecule has 0 aliphatic heterocycles. The molecule has 2 aromatic carbocycles. The Morgan fingerprint density at radius 3 is 2.52 bits per heavy atom. The van der Waals surface area contributed by atoms with Crippen LogP contribution >= 0.6 is 23.2 Å². The molecular weight excluding hydrogens is 314 g/mol. The highest BCUT2D eigenvalue weighted by atomic mass is 35.5. The van der Waals surface area contributed by atoms with E-state index in [1.165, 1.54) is 18.2 Å². The van der Waals surface area contributed by atoms with E-state index in [1.54, 1.807) is 12.1 Å². The number of aliphatic hydroxyl groups is 1. The zero-order chi connectivity index (χ0) is 15.6. The smallest absolute Gasteiger partial charge is 0.139 e. The summed E-state index contributed by atoms with van der Waals surface area (Å²) in [7, 11) is 0. The number of rotatable bonds is 4. The topological polar surface area (TPSA) is 29.5 Å². The van der Waals surface area contributed by atoms with Gasteiger partial charge in [0.15, 0.2) is 0 Å². The number of ether oxygens (including phenoxy) is 1. The molecular formula is C16H15Cl2FO2. The third-order valence-electron chi connectivity index (χ3n) is 3.09. The standard InChI is InChI=1S/C16H15Cl2FO2/c1-3-21-15-8-12(17)10(7-13(15)18)16(20)11-6-9(2)4-5-14(11)19/h4-8,16,20H,3H2,1-2H3. The van der Waals surface area contributed by atoms with Crippen LogP contribution in [-0.2, 0) is 0 Å². The number of halogens is 3. The van der Waals surface area contributed by atoms with Gasteiger partial charge in [0, 0.05) is 17.2 Å². The van der Waals surface area contributed by atoms with Gasteiger partial charge in [0.1, 0.15) is 17.7 Å². The lowest BCUT2D eigenvalue weighted by Gasteiger charge is -2.16. The Morgan fingerprint density at radius 1 is 1.14 bits per heavy atom. The lowest BCUT2D eigenvalue weighted by atomic mass is 9.99. The van der Waals surface area contributed by atoms with Crippen molar-refractivity contribution < 1.29 is 14.2 Å². The second-order valence-electron chi connectivity index (χ2n) is 4.66. The van der Waals surface area contributed by atoms with Crippen molar-refractivity contribution in [3.63, 3.8) is 0 Å². The number of aliphatic hydroxyl groups excluding tert-OH is 1. The highest BCUT2D eigenvalue weighted by Crippen LogP contribution is 2.37. The van der Waals surface area contributed by atoms with E-state index >= 15 is 0 Å². The van der Waals surface area contributed by atoms with Crippen molar-refractivity contribution in [2.75, 3.05) is 6.61 Å². The van der Waals surface area contributed by atoms with Crippen LogP contribution in [0, 0.1) is 12.7 Å². The van der Waals surface area contributed by atoms with Gasteiger partial charge in [-0.3, -0.25) is 0 Å². The van der Waals surface area contributed by atoms with Gasteiger partial charge in [-0.15, -0.1) is 0 Å². The molecule has 0 radical (unpaired) electrons. The van der Waals surface area contributed by atoms with Crippen molar-refractivity contribution in [3.05, 3.63) is 62.9 Å². The van der Waals surface area contributed by atoms with Crippen molar-refractivity contribution in [2.24, 2.45) is 0 Å². The Labute approximate surface area is 133 Å². The van der Waals surface area contributed by atoms with Gasteiger partial charge >= 0.3 is 0 Å². The van der Waals surface area contributed by atoms with E-state index in [0.717, 1.165) is 5.56 Å². The minimum absolute atomic E-state index is 0.164. The van der Waals surface area contributed by atoms with E-state index in [1.807, 2.05) is 13.8 Å². The number of hydrogen-bond acceptors (Lipinski definition) is 2. The minimum Gasteiger partial charge on any atom is -0.492 e.